The SMILES string of the molecule is COc1ccc2c(O[C@@H]3C[C@H]4C(=O)C[C@]5(P(=O)(O)Cc6c(F)cccc6F)C[C@H]5CCCCCCC[C@H](CC(=O)OC5CCCC5)C(=O)N4C3)cc(-c3csc(NC(C)C)n3)nc2c1F. The molecule has 0 spiro atoms. The van der Waals surface area contributed by atoms with Crippen LogP contribution in [0.3, 0.4) is 0 Å². The molecule has 2 aromatic carbocycles. The predicted octanol–water partition coefficient (Wildman–Crippen LogP) is 10.4. The van der Waals surface area contributed by atoms with Crippen molar-refractivity contribution in [2.45, 2.75) is 146 Å². The van der Waals surface area contributed by atoms with Gasteiger partial charge in [0.15, 0.2) is 22.5 Å². The summed E-state index contributed by atoms with van der Waals surface area (Å²) in [4.78, 5) is 66.0. The highest BCUT2D eigenvalue weighted by Crippen LogP contribution is 2.75. The number of nitrogens with one attached hydrogen (secondary N) is 1. The second-order valence-corrected chi connectivity index (χ2v) is 22.1. The molecular weight excluding hydrogens is 881 g/mol. The number of benzene rings is 2. The van der Waals surface area contributed by atoms with Gasteiger partial charge in [0.25, 0.3) is 0 Å². The molecule has 350 valence electrons. The molecule has 4 aliphatic rings. The van der Waals surface area contributed by atoms with E-state index in [0.29, 0.717) is 41.2 Å². The highest BCUT2D eigenvalue weighted by Gasteiger charge is 2.66. The van der Waals surface area contributed by atoms with E-state index in [0.717, 1.165) is 63.5 Å². The van der Waals surface area contributed by atoms with Crippen molar-refractivity contribution in [3.8, 4) is 22.9 Å². The Morgan fingerprint density at radius 1 is 0.954 bits per heavy atom. The Bertz CT molecular complexity index is 2450. The minimum Gasteiger partial charge on any atom is -0.494 e. The van der Waals surface area contributed by atoms with Gasteiger partial charge in [-0.3, -0.25) is 18.9 Å². The summed E-state index contributed by atoms with van der Waals surface area (Å²) in [6.07, 6.45) is 6.18. The Morgan fingerprint density at radius 2 is 1.66 bits per heavy atom. The van der Waals surface area contributed by atoms with Crippen LogP contribution in [0.4, 0.5) is 18.3 Å². The molecule has 0 radical (unpaired) electrons. The molecule has 2 N–H and O–H groups in total. The number of nitrogens with zero attached hydrogens (tertiary/aromatic N) is 3. The summed E-state index contributed by atoms with van der Waals surface area (Å²) >= 11 is 1.37. The van der Waals surface area contributed by atoms with Gasteiger partial charge in [0.2, 0.25) is 13.3 Å². The average molecular weight is 939 g/mol. The second kappa shape index (κ2) is 19.7. The van der Waals surface area contributed by atoms with Gasteiger partial charge in [-0.1, -0.05) is 38.2 Å². The number of thiazole rings is 1. The number of anilines is 1. The van der Waals surface area contributed by atoms with Crippen molar-refractivity contribution >= 4 is 52.4 Å². The third-order valence-corrected chi connectivity index (χ3v) is 17.3. The first-order chi connectivity index (χ1) is 31.2. The number of pyridine rings is 1. The molecule has 65 heavy (non-hydrogen) atoms. The van der Waals surface area contributed by atoms with E-state index in [2.05, 4.69) is 15.3 Å². The quantitative estimate of drug-likeness (QED) is 0.103. The molecule has 0 bridgehead atoms. The van der Waals surface area contributed by atoms with Crippen molar-refractivity contribution < 1.29 is 51.2 Å². The fraction of sp³-hybridized carbons (Fsp3) is 0.562. The van der Waals surface area contributed by atoms with Crippen LogP contribution in [0.1, 0.15) is 116 Å². The number of carbonyl (C=O) groups is 3. The average Bonchev–Trinajstić information content (AvgIpc) is 3.68. The lowest BCUT2D eigenvalue weighted by atomic mass is 9.94. The number of ether oxygens (including phenoxy) is 3. The van der Waals surface area contributed by atoms with Crippen LogP contribution < -0.4 is 14.8 Å². The van der Waals surface area contributed by atoms with Crippen LogP contribution in [0.25, 0.3) is 22.3 Å². The lowest BCUT2D eigenvalue weighted by Gasteiger charge is -2.30. The summed E-state index contributed by atoms with van der Waals surface area (Å²) in [5.74, 6) is -4.88. The molecule has 17 heteroatoms. The van der Waals surface area contributed by atoms with Gasteiger partial charge in [0, 0.05) is 47.2 Å². The first-order valence-electron chi connectivity index (χ1n) is 23.0. The highest BCUT2D eigenvalue weighted by molar-refractivity contribution is 7.59. The molecule has 12 nitrogen and oxygen atoms in total. The van der Waals surface area contributed by atoms with Crippen molar-refractivity contribution in [1.82, 2.24) is 14.9 Å². The summed E-state index contributed by atoms with van der Waals surface area (Å²) in [5.41, 5.74) is 0.260. The van der Waals surface area contributed by atoms with Crippen LogP contribution in [-0.4, -0.2) is 80.5 Å². The van der Waals surface area contributed by atoms with Crippen molar-refractivity contribution in [1.29, 1.82) is 0 Å². The molecule has 2 aliphatic heterocycles. The molecule has 2 aliphatic carbocycles. The molecule has 2 aromatic heterocycles. The van der Waals surface area contributed by atoms with E-state index in [9.17, 15) is 32.6 Å². The predicted molar refractivity (Wildman–Crippen MR) is 242 cm³/mol. The van der Waals surface area contributed by atoms with E-state index in [-0.39, 0.29) is 67.3 Å². The van der Waals surface area contributed by atoms with Crippen molar-refractivity contribution in [3.63, 3.8) is 0 Å². The van der Waals surface area contributed by atoms with E-state index in [1.54, 1.807) is 17.5 Å². The molecule has 8 rings (SSSR count). The number of amides is 1. The maximum absolute atomic E-state index is 16.0. The number of aromatic nitrogens is 2. The Hall–Kier alpha value is -4.53. The number of esters is 1. The van der Waals surface area contributed by atoms with Crippen LogP contribution in [0.5, 0.6) is 11.5 Å². The molecule has 6 atom stereocenters. The first kappa shape index (κ1) is 47.0. The zero-order chi connectivity index (χ0) is 46.0. The number of rotatable bonds is 12. The topological polar surface area (TPSA) is 157 Å². The van der Waals surface area contributed by atoms with Crippen LogP contribution in [0.15, 0.2) is 41.8 Å². The Labute approximate surface area is 381 Å². The lowest BCUT2D eigenvalue weighted by Crippen LogP contribution is -2.45. The van der Waals surface area contributed by atoms with E-state index >= 15 is 4.39 Å². The van der Waals surface area contributed by atoms with Gasteiger partial charge in [-0.15, -0.1) is 11.3 Å². The van der Waals surface area contributed by atoms with Gasteiger partial charge in [-0.25, -0.2) is 23.1 Å². The lowest BCUT2D eigenvalue weighted by molar-refractivity contribution is -0.154. The maximum Gasteiger partial charge on any atom is 0.306 e. The first-order valence-corrected chi connectivity index (χ1v) is 25.7. The number of hydrogen-bond acceptors (Lipinski definition) is 11. The minimum atomic E-state index is -4.46. The normalized spacial score (nSPS) is 25.4. The number of Topliss-reactive ketones (excluding diaryl/α,β-unsaturated/α-hetero) is 1. The summed E-state index contributed by atoms with van der Waals surface area (Å²) in [5, 5.41) is 4.58. The molecule has 4 fully saturated rings. The monoisotopic (exact) mass is 938 g/mol. The van der Waals surface area contributed by atoms with E-state index in [1.807, 2.05) is 13.8 Å². The van der Waals surface area contributed by atoms with Crippen molar-refractivity contribution in [2.24, 2.45) is 11.8 Å². The largest absolute Gasteiger partial charge is 0.494 e. The minimum absolute atomic E-state index is 0.0147. The van der Waals surface area contributed by atoms with Gasteiger partial charge in [0.1, 0.15) is 40.8 Å². The number of hydrogen-bond donors (Lipinski definition) is 2. The van der Waals surface area contributed by atoms with Gasteiger partial charge in [-0.2, -0.15) is 0 Å². The van der Waals surface area contributed by atoms with E-state index in [4.69, 9.17) is 14.2 Å². The molecular formula is C48H58F3N4O8PS. The summed E-state index contributed by atoms with van der Waals surface area (Å²) in [7, 11) is -3.11. The second-order valence-electron chi connectivity index (χ2n) is 18.7. The Kier molecular flexibility index (Phi) is 14.3. The molecule has 2 saturated carbocycles. The Morgan fingerprint density at radius 3 is 2.38 bits per heavy atom. The molecule has 4 heterocycles. The summed E-state index contributed by atoms with van der Waals surface area (Å²) in [6.45, 7) is 3.89. The van der Waals surface area contributed by atoms with Gasteiger partial charge in [0.05, 0.1) is 43.1 Å². The number of methoxy groups -OCH3 is 1. The zero-order valence-corrected chi connectivity index (χ0v) is 38.9. The van der Waals surface area contributed by atoms with Crippen LogP contribution in [0, 0.1) is 29.3 Å². The number of ketones is 1. The van der Waals surface area contributed by atoms with Gasteiger partial charge in [-0.05, 0) is 89.0 Å². The molecule has 1 unspecified atom stereocenters. The molecule has 4 aromatic rings. The van der Waals surface area contributed by atoms with E-state index < -0.39 is 77.4 Å². The molecule has 1 amide bonds. The zero-order valence-electron chi connectivity index (χ0n) is 37.2. The summed E-state index contributed by atoms with van der Waals surface area (Å²) < 4.78 is 78.4. The smallest absolute Gasteiger partial charge is 0.306 e. The molecule has 2 saturated heterocycles. The Balaban J connectivity index is 1.14. The van der Waals surface area contributed by atoms with Crippen LogP contribution >= 0.6 is 18.7 Å². The van der Waals surface area contributed by atoms with Crippen LogP contribution in [-0.2, 0) is 29.8 Å². The number of carbonyl (C=O) groups excluding carboxylic acids is 3. The fourth-order valence-corrected chi connectivity index (χ4v) is 13.7. The number of halogens is 3. The third-order valence-electron chi connectivity index (χ3n) is 13.7. The standard InChI is InChI=1S/C48H58F3N4O8PS/c1-28(2)52-47-54-38(27-65-47)37-22-42(33-18-19-41(61-3)44(51)45(33)53-37)62-32-21-39-40(56)24-48(64(59,60)26-34-35(49)16-11-17-36(34)50)23-30(48)13-8-6-4-5-7-12-29(46(58)55(39)25-32)20-43(57)63-31-14-9-10-15-31/h11,16-19,22,27-32,39H,4-10,12-15,20-21,23-26H2,1-3H3,(H,52,54)(H,59,60)/t29-,30-,32-,39+,48-/m1/s1. The van der Waals surface area contributed by atoms with Crippen molar-refractivity contribution in [3.05, 3.63) is 64.8 Å². The van der Waals surface area contributed by atoms with Crippen LogP contribution in [0.2, 0.25) is 0 Å². The number of fused-ring (bicyclic) bond motifs is 3. The fourth-order valence-electron chi connectivity index (χ4n) is 10.2. The van der Waals surface area contributed by atoms with Crippen molar-refractivity contribution in [2.75, 3.05) is 19.0 Å². The van der Waals surface area contributed by atoms with Gasteiger partial charge < -0.3 is 29.3 Å². The highest BCUT2D eigenvalue weighted by atomic mass is 32.1. The third kappa shape index (κ3) is 10.2. The van der Waals surface area contributed by atoms with E-state index in [1.165, 1.54) is 35.5 Å². The summed E-state index contributed by atoms with van der Waals surface area (Å²) in [6, 6.07) is 7.01. The van der Waals surface area contributed by atoms with Gasteiger partial charge >= 0.3 is 5.97 Å². The maximum atomic E-state index is 16.0.